The smallest absolute Gasteiger partial charge is 0.223 e. The SMILES string of the molecule is Cc1c(CN2CCC3(CC2)CC(=O)N(C/C=C/c2ccccc2)C3)cnn1C. The van der Waals surface area contributed by atoms with E-state index in [1.54, 1.807) is 0 Å². The molecule has 0 atom stereocenters. The van der Waals surface area contributed by atoms with Crippen molar-refractivity contribution in [3.63, 3.8) is 0 Å². The normalized spacial score (nSPS) is 19.9. The molecular weight excluding hydrogens is 348 g/mol. The first-order valence-corrected chi connectivity index (χ1v) is 10.2. The van der Waals surface area contributed by atoms with Crippen LogP contribution in [0.2, 0.25) is 0 Å². The van der Waals surface area contributed by atoms with Crippen LogP contribution in [0.25, 0.3) is 6.08 Å². The summed E-state index contributed by atoms with van der Waals surface area (Å²) in [6.07, 6.45) is 9.14. The van der Waals surface area contributed by atoms with Crippen molar-refractivity contribution < 1.29 is 4.79 Å². The molecule has 1 aromatic carbocycles. The molecule has 0 saturated carbocycles. The molecule has 2 fully saturated rings. The number of carbonyl (C=O) groups is 1. The number of likely N-dealkylation sites (tertiary alicyclic amines) is 2. The number of benzene rings is 1. The Labute approximate surface area is 167 Å². The lowest BCUT2D eigenvalue weighted by Crippen LogP contribution is -2.41. The summed E-state index contributed by atoms with van der Waals surface area (Å²) >= 11 is 0. The van der Waals surface area contributed by atoms with E-state index < -0.39 is 0 Å². The average Bonchev–Trinajstić information content (AvgIpc) is 3.18. The van der Waals surface area contributed by atoms with E-state index in [-0.39, 0.29) is 5.41 Å². The molecule has 28 heavy (non-hydrogen) atoms. The summed E-state index contributed by atoms with van der Waals surface area (Å²) in [4.78, 5) is 17.1. The number of nitrogens with zero attached hydrogens (tertiary/aromatic N) is 4. The molecule has 2 aromatic rings. The predicted octanol–water partition coefficient (Wildman–Crippen LogP) is 3.26. The summed E-state index contributed by atoms with van der Waals surface area (Å²) in [7, 11) is 2.00. The maximum Gasteiger partial charge on any atom is 0.223 e. The predicted molar refractivity (Wildman–Crippen MR) is 112 cm³/mol. The third-order valence-electron chi connectivity index (χ3n) is 6.49. The van der Waals surface area contributed by atoms with Crippen LogP contribution in [-0.4, -0.2) is 51.7 Å². The number of amides is 1. The summed E-state index contributed by atoms with van der Waals surface area (Å²) in [6.45, 7) is 6.85. The highest BCUT2D eigenvalue weighted by Crippen LogP contribution is 2.41. The van der Waals surface area contributed by atoms with E-state index in [2.05, 4.69) is 41.2 Å². The fraction of sp³-hybridized carbons (Fsp3) is 0.478. The molecule has 0 unspecified atom stereocenters. The maximum absolute atomic E-state index is 12.6. The van der Waals surface area contributed by atoms with Gasteiger partial charge in [-0.2, -0.15) is 5.10 Å². The molecular formula is C23H30N4O. The molecule has 2 aliphatic rings. The molecule has 1 spiro atoms. The lowest BCUT2D eigenvalue weighted by atomic mass is 9.77. The fourth-order valence-electron chi connectivity index (χ4n) is 4.49. The van der Waals surface area contributed by atoms with Crippen LogP contribution >= 0.6 is 0 Å². The van der Waals surface area contributed by atoms with Gasteiger partial charge in [-0.05, 0) is 43.8 Å². The third kappa shape index (κ3) is 4.04. The molecule has 0 bridgehead atoms. The van der Waals surface area contributed by atoms with E-state index >= 15 is 0 Å². The van der Waals surface area contributed by atoms with E-state index in [9.17, 15) is 4.79 Å². The van der Waals surface area contributed by atoms with Gasteiger partial charge in [-0.1, -0.05) is 42.5 Å². The molecule has 148 valence electrons. The number of aromatic nitrogens is 2. The molecule has 1 aromatic heterocycles. The van der Waals surface area contributed by atoms with Gasteiger partial charge in [0.25, 0.3) is 0 Å². The van der Waals surface area contributed by atoms with Gasteiger partial charge >= 0.3 is 0 Å². The van der Waals surface area contributed by atoms with Crippen molar-refractivity contribution in [1.82, 2.24) is 19.6 Å². The van der Waals surface area contributed by atoms with Crippen molar-refractivity contribution in [2.24, 2.45) is 12.5 Å². The highest BCUT2D eigenvalue weighted by Gasteiger charge is 2.44. The minimum Gasteiger partial charge on any atom is -0.338 e. The van der Waals surface area contributed by atoms with Crippen LogP contribution in [0, 0.1) is 12.3 Å². The van der Waals surface area contributed by atoms with Gasteiger partial charge in [0.05, 0.1) is 6.20 Å². The number of piperidine rings is 1. The summed E-state index contributed by atoms with van der Waals surface area (Å²) in [5, 5.41) is 4.36. The number of rotatable bonds is 5. The molecule has 2 saturated heterocycles. The van der Waals surface area contributed by atoms with Crippen LogP contribution in [0.4, 0.5) is 0 Å². The monoisotopic (exact) mass is 378 g/mol. The quantitative estimate of drug-likeness (QED) is 0.802. The van der Waals surface area contributed by atoms with Crippen molar-refractivity contribution in [1.29, 1.82) is 0 Å². The van der Waals surface area contributed by atoms with Gasteiger partial charge in [-0.25, -0.2) is 0 Å². The van der Waals surface area contributed by atoms with Gasteiger partial charge in [0.1, 0.15) is 0 Å². The van der Waals surface area contributed by atoms with Gasteiger partial charge in [-0.3, -0.25) is 14.4 Å². The summed E-state index contributed by atoms with van der Waals surface area (Å²) in [5.74, 6) is 0.314. The molecule has 3 heterocycles. The Morgan fingerprint density at radius 1 is 1.18 bits per heavy atom. The first-order valence-electron chi connectivity index (χ1n) is 10.2. The highest BCUT2D eigenvalue weighted by molar-refractivity contribution is 5.79. The largest absolute Gasteiger partial charge is 0.338 e. The Bertz CT molecular complexity index is 847. The minimum atomic E-state index is 0.179. The van der Waals surface area contributed by atoms with Crippen LogP contribution in [0.3, 0.4) is 0 Å². The van der Waals surface area contributed by atoms with Gasteiger partial charge in [0.2, 0.25) is 5.91 Å². The lowest BCUT2D eigenvalue weighted by molar-refractivity contribution is -0.127. The van der Waals surface area contributed by atoms with Crippen LogP contribution in [-0.2, 0) is 18.4 Å². The van der Waals surface area contributed by atoms with E-state index in [0.717, 1.165) is 39.0 Å². The fourth-order valence-corrected chi connectivity index (χ4v) is 4.49. The van der Waals surface area contributed by atoms with Crippen molar-refractivity contribution in [2.75, 3.05) is 26.2 Å². The molecule has 0 aliphatic carbocycles. The molecule has 1 amide bonds. The summed E-state index contributed by atoms with van der Waals surface area (Å²) < 4.78 is 1.94. The number of carbonyl (C=O) groups excluding carboxylic acids is 1. The maximum atomic E-state index is 12.6. The molecule has 5 heteroatoms. The number of hydrogen-bond donors (Lipinski definition) is 0. The lowest BCUT2D eigenvalue weighted by Gasteiger charge is -2.38. The van der Waals surface area contributed by atoms with Gasteiger partial charge < -0.3 is 4.90 Å². The first-order chi connectivity index (χ1) is 13.5. The van der Waals surface area contributed by atoms with Crippen molar-refractivity contribution >= 4 is 12.0 Å². The Hall–Kier alpha value is -2.40. The van der Waals surface area contributed by atoms with Crippen molar-refractivity contribution in [2.45, 2.75) is 32.7 Å². The second kappa shape index (κ2) is 7.92. The average molecular weight is 379 g/mol. The molecule has 0 radical (unpaired) electrons. The molecule has 2 aliphatic heterocycles. The van der Waals surface area contributed by atoms with E-state index in [4.69, 9.17) is 0 Å². The Morgan fingerprint density at radius 3 is 2.61 bits per heavy atom. The zero-order chi connectivity index (χ0) is 19.6. The van der Waals surface area contributed by atoms with Gasteiger partial charge in [0.15, 0.2) is 0 Å². The molecule has 5 nitrogen and oxygen atoms in total. The molecule has 0 N–H and O–H groups in total. The second-order valence-electron chi connectivity index (χ2n) is 8.42. The summed E-state index contributed by atoms with van der Waals surface area (Å²) in [6, 6.07) is 10.3. The van der Waals surface area contributed by atoms with Crippen LogP contribution < -0.4 is 0 Å². The summed E-state index contributed by atoms with van der Waals surface area (Å²) in [5.41, 5.74) is 3.92. The van der Waals surface area contributed by atoms with Crippen molar-refractivity contribution in [3.8, 4) is 0 Å². The van der Waals surface area contributed by atoms with Gasteiger partial charge in [-0.15, -0.1) is 0 Å². The zero-order valence-electron chi connectivity index (χ0n) is 17.0. The Kier molecular flexibility index (Phi) is 5.36. The second-order valence-corrected chi connectivity index (χ2v) is 8.42. The topological polar surface area (TPSA) is 41.4 Å². The van der Waals surface area contributed by atoms with E-state index in [1.165, 1.54) is 16.8 Å². The number of hydrogen-bond acceptors (Lipinski definition) is 3. The van der Waals surface area contributed by atoms with E-state index in [1.807, 2.05) is 41.0 Å². The minimum absolute atomic E-state index is 0.179. The standard InChI is InChI=1S/C23H30N4O/c1-19-21(16-24-25(19)2)17-26-13-10-23(11-14-26)15-22(28)27(18-23)12-6-9-20-7-4-3-5-8-20/h3-9,16H,10-15,17-18H2,1-2H3/b9-6+. The highest BCUT2D eigenvalue weighted by atomic mass is 16.2. The van der Waals surface area contributed by atoms with E-state index in [0.29, 0.717) is 18.9 Å². The third-order valence-corrected chi connectivity index (χ3v) is 6.49. The number of aryl methyl sites for hydroxylation is 1. The zero-order valence-corrected chi connectivity index (χ0v) is 17.0. The Morgan fingerprint density at radius 2 is 1.93 bits per heavy atom. The van der Waals surface area contributed by atoms with Gasteiger partial charge in [0, 0.05) is 44.4 Å². The first kappa shape index (κ1) is 18.9. The van der Waals surface area contributed by atoms with Crippen LogP contribution in [0.5, 0.6) is 0 Å². The van der Waals surface area contributed by atoms with Crippen LogP contribution in [0.1, 0.15) is 36.1 Å². The van der Waals surface area contributed by atoms with Crippen LogP contribution in [0.15, 0.2) is 42.6 Å². The van der Waals surface area contributed by atoms with Crippen molar-refractivity contribution in [3.05, 3.63) is 59.4 Å². The Balaban J connectivity index is 1.30. The molecule has 4 rings (SSSR count).